The first-order valence-corrected chi connectivity index (χ1v) is 7.88. The molecule has 3 aromatic rings. The Balaban J connectivity index is 1.83. The van der Waals surface area contributed by atoms with E-state index in [1.165, 1.54) is 11.3 Å². The first-order valence-electron chi connectivity index (χ1n) is 7.00. The first kappa shape index (κ1) is 15.2. The SMILES string of the molecule is COc1ccc(Nc2nc(-c3ccc(N)cc3)cs2)c(OC)c1. The van der Waals surface area contributed by atoms with Gasteiger partial charge in [0.25, 0.3) is 0 Å². The van der Waals surface area contributed by atoms with E-state index in [4.69, 9.17) is 15.2 Å². The molecule has 0 aliphatic heterocycles. The predicted molar refractivity (Wildman–Crippen MR) is 94.8 cm³/mol. The summed E-state index contributed by atoms with van der Waals surface area (Å²) in [5.74, 6) is 1.45. The van der Waals surface area contributed by atoms with Gasteiger partial charge in [-0.1, -0.05) is 12.1 Å². The fraction of sp³-hybridized carbons (Fsp3) is 0.118. The lowest BCUT2D eigenvalue weighted by Gasteiger charge is -2.10. The maximum Gasteiger partial charge on any atom is 0.187 e. The molecule has 0 fully saturated rings. The summed E-state index contributed by atoms with van der Waals surface area (Å²) < 4.78 is 10.6. The molecular weight excluding hydrogens is 310 g/mol. The number of hydrogen-bond donors (Lipinski definition) is 2. The number of nitrogens with one attached hydrogen (secondary N) is 1. The minimum absolute atomic E-state index is 0.702. The summed E-state index contributed by atoms with van der Waals surface area (Å²) in [4.78, 5) is 4.60. The van der Waals surface area contributed by atoms with Gasteiger partial charge in [-0.2, -0.15) is 0 Å². The van der Waals surface area contributed by atoms with Crippen LogP contribution in [0.4, 0.5) is 16.5 Å². The fourth-order valence-corrected chi connectivity index (χ4v) is 2.87. The number of nitrogens with two attached hydrogens (primary N) is 1. The van der Waals surface area contributed by atoms with Crippen molar-refractivity contribution in [1.29, 1.82) is 0 Å². The molecule has 118 valence electrons. The van der Waals surface area contributed by atoms with E-state index in [0.717, 1.165) is 33.5 Å². The van der Waals surface area contributed by atoms with Crippen molar-refractivity contribution in [3.05, 3.63) is 47.8 Å². The molecule has 0 bridgehead atoms. The Hall–Kier alpha value is -2.73. The number of hydrogen-bond acceptors (Lipinski definition) is 6. The number of nitrogens with zero attached hydrogens (tertiary/aromatic N) is 1. The molecule has 3 N–H and O–H groups in total. The van der Waals surface area contributed by atoms with E-state index in [-0.39, 0.29) is 0 Å². The average Bonchev–Trinajstić information content (AvgIpc) is 3.04. The van der Waals surface area contributed by atoms with Crippen LogP contribution in [0.15, 0.2) is 47.8 Å². The van der Waals surface area contributed by atoms with Gasteiger partial charge < -0.3 is 20.5 Å². The number of ether oxygens (including phenoxy) is 2. The normalized spacial score (nSPS) is 10.3. The van der Waals surface area contributed by atoms with E-state index >= 15 is 0 Å². The lowest BCUT2D eigenvalue weighted by Crippen LogP contribution is -1.95. The Morgan fingerprint density at radius 3 is 2.52 bits per heavy atom. The van der Waals surface area contributed by atoms with Crippen LogP contribution in [0.25, 0.3) is 11.3 Å². The minimum atomic E-state index is 0.702. The molecule has 0 saturated heterocycles. The summed E-state index contributed by atoms with van der Waals surface area (Å²) in [6, 6.07) is 13.3. The standard InChI is InChI=1S/C17H17N3O2S/c1-21-13-7-8-14(16(9-13)22-2)19-17-20-15(10-23-17)11-3-5-12(18)6-4-11/h3-10H,18H2,1-2H3,(H,19,20). The van der Waals surface area contributed by atoms with Crippen LogP contribution >= 0.6 is 11.3 Å². The summed E-state index contributed by atoms with van der Waals surface area (Å²) in [5, 5.41) is 6.07. The molecule has 0 saturated carbocycles. The van der Waals surface area contributed by atoms with Crippen molar-refractivity contribution in [2.24, 2.45) is 0 Å². The van der Waals surface area contributed by atoms with Gasteiger partial charge in [0.2, 0.25) is 0 Å². The first-order chi connectivity index (χ1) is 11.2. The number of methoxy groups -OCH3 is 2. The third kappa shape index (κ3) is 3.37. The van der Waals surface area contributed by atoms with Gasteiger partial charge in [-0.3, -0.25) is 0 Å². The number of anilines is 3. The van der Waals surface area contributed by atoms with E-state index in [1.807, 2.05) is 47.8 Å². The minimum Gasteiger partial charge on any atom is -0.497 e. The van der Waals surface area contributed by atoms with Gasteiger partial charge in [0.05, 0.1) is 25.6 Å². The van der Waals surface area contributed by atoms with E-state index in [9.17, 15) is 0 Å². The number of nitrogen functional groups attached to an aromatic ring is 1. The molecular formula is C17H17N3O2S. The molecule has 1 heterocycles. The fourth-order valence-electron chi connectivity index (χ4n) is 2.13. The molecule has 5 nitrogen and oxygen atoms in total. The van der Waals surface area contributed by atoms with Gasteiger partial charge in [-0.05, 0) is 24.3 Å². The second-order valence-corrected chi connectivity index (χ2v) is 5.71. The number of thiazole rings is 1. The highest BCUT2D eigenvalue weighted by Gasteiger charge is 2.09. The molecule has 0 spiro atoms. The van der Waals surface area contributed by atoms with Crippen molar-refractivity contribution < 1.29 is 9.47 Å². The molecule has 0 atom stereocenters. The molecule has 1 aromatic heterocycles. The van der Waals surface area contributed by atoms with Crippen LogP contribution in [-0.4, -0.2) is 19.2 Å². The van der Waals surface area contributed by atoms with Crippen LogP contribution in [0, 0.1) is 0 Å². The van der Waals surface area contributed by atoms with Crippen LogP contribution < -0.4 is 20.5 Å². The number of benzene rings is 2. The molecule has 6 heteroatoms. The monoisotopic (exact) mass is 327 g/mol. The second-order valence-electron chi connectivity index (χ2n) is 4.85. The molecule has 0 radical (unpaired) electrons. The molecule has 3 rings (SSSR count). The van der Waals surface area contributed by atoms with E-state index in [1.54, 1.807) is 14.2 Å². The van der Waals surface area contributed by atoms with Crippen molar-refractivity contribution in [2.45, 2.75) is 0 Å². The number of aromatic nitrogens is 1. The van der Waals surface area contributed by atoms with Crippen LogP contribution in [0.2, 0.25) is 0 Å². The zero-order valence-electron chi connectivity index (χ0n) is 12.9. The Kier molecular flexibility index (Phi) is 4.34. The number of rotatable bonds is 5. The zero-order valence-corrected chi connectivity index (χ0v) is 13.7. The highest BCUT2D eigenvalue weighted by atomic mass is 32.1. The van der Waals surface area contributed by atoms with E-state index in [2.05, 4.69) is 10.3 Å². The molecule has 23 heavy (non-hydrogen) atoms. The van der Waals surface area contributed by atoms with E-state index < -0.39 is 0 Å². The van der Waals surface area contributed by atoms with Crippen LogP contribution in [0.1, 0.15) is 0 Å². The maximum atomic E-state index is 5.71. The van der Waals surface area contributed by atoms with Gasteiger partial charge in [0.1, 0.15) is 11.5 Å². The second kappa shape index (κ2) is 6.58. The predicted octanol–water partition coefficient (Wildman–Crippen LogP) is 4.15. The summed E-state index contributed by atoms with van der Waals surface area (Å²) >= 11 is 1.53. The lowest BCUT2D eigenvalue weighted by molar-refractivity contribution is 0.395. The van der Waals surface area contributed by atoms with Gasteiger partial charge in [-0.15, -0.1) is 11.3 Å². The highest BCUT2D eigenvalue weighted by Crippen LogP contribution is 2.33. The summed E-state index contributed by atoms with van der Waals surface area (Å²) in [7, 11) is 3.25. The van der Waals surface area contributed by atoms with Gasteiger partial charge >= 0.3 is 0 Å². The van der Waals surface area contributed by atoms with Crippen LogP contribution in [-0.2, 0) is 0 Å². The Labute approximate surface area is 138 Å². The van der Waals surface area contributed by atoms with Gasteiger partial charge in [0.15, 0.2) is 5.13 Å². The van der Waals surface area contributed by atoms with Crippen molar-refractivity contribution in [2.75, 3.05) is 25.3 Å². The lowest BCUT2D eigenvalue weighted by atomic mass is 10.1. The Bertz CT molecular complexity index is 800. The van der Waals surface area contributed by atoms with Gasteiger partial charge in [0, 0.05) is 22.7 Å². The van der Waals surface area contributed by atoms with Crippen molar-refractivity contribution in [1.82, 2.24) is 4.98 Å². The van der Waals surface area contributed by atoms with Crippen molar-refractivity contribution in [3.8, 4) is 22.8 Å². The topological polar surface area (TPSA) is 69.4 Å². The molecule has 0 aliphatic carbocycles. The maximum absolute atomic E-state index is 5.71. The molecule has 0 aliphatic rings. The summed E-state index contributed by atoms with van der Waals surface area (Å²) in [6.45, 7) is 0. The van der Waals surface area contributed by atoms with E-state index in [0.29, 0.717) is 5.75 Å². The van der Waals surface area contributed by atoms with Crippen molar-refractivity contribution >= 4 is 27.8 Å². The molecule has 2 aromatic carbocycles. The molecule has 0 unspecified atom stereocenters. The van der Waals surface area contributed by atoms with Gasteiger partial charge in [-0.25, -0.2) is 4.98 Å². The summed E-state index contributed by atoms with van der Waals surface area (Å²) in [6.07, 6.45) is 0. The van der Waals surface area contributed by atoms with Crippen LogP contribution in [0.3, 0.4) is 0 Å². The average molecular weight is 327 g/mol. The largest absolute Gasteiger partial charge is 0.497 e. The Morgan fingerprint density at radius 2 is 1.83 bits per heavy atom. The third-order valence-electron chi connectivity index (χ3n) is 3.36. The third-order valence-corrected chi connectivity index (χ3v) is 4.12. The van der Waals surface area contributed by atoms with Crippen molar-refractivity contribution in [3.63, 3.8) is 0 Å². The smallest absolute Gasteiger partial charge is 0.187 e. The van der Waals surface area contributed by atoms with Crippen LogP contribution in [0.5, 0.6) is 11.5 Å². The highest BCUT2D eigenvalue weighted by molar-refractivity contribution is 7.14. The molecule has 0 amide bonds. The zero-order chi connectivity index (χ0) is 16.2. The summed E-state index contributed by atoms with van der Waals surface area (Å²) in [5.41, 5.74) is 9.23. The Morgan fingerprint density at radius 1 is 1.04 bits per heavy atom. The quantitative estimate of drug-likeness (QED) is 0.689.